The van der Waals surface area contributed by atoms with Gasteiger partial charge >= 0.3 is 0 Å². The maximum absolute atomic E-state index is 6.16. The number of thiocarbonyl (C=S) groups is 1. The summed E-state index contributed by atoms with van der Waals surface area (Å²) in [6.45, 7) is 6.33. The van der Waals surface area contributed by atoms with Crippen molar-refractivity contribution in [3.8, 4) is 11.5 Å². The highest BCUT2D eigenvalue weighted by atomic mass is 35.5. The largest absolute Gasteiger partial charge is 0.457 e. The van der Waals surface area contributed by atoms with Crippen molar-refractivity contribution in [2.75, 3.05) is 0 Å². The van der Waals surface area contributed by atoms with Crippen LogP contribution in [0.3, 0.4) is 0 Å². The highest BCUT2D eigenvalue weighted by molar-refractivity contribution is 7.80. The molecule has 0 aliphatic heterocycles. The van der Waals surface area contributed by atoms with E-state index in [1.54, 1.807) is 12.1 Å². The summed E-state index contributed by atoms with van der Waals surface area (Å²) in [6, 6.07) is 11.6. The molecule has 2 N–H and O–H groups in total. The van der Waals surface area contributed by atoms with Gasteiger partial charge in [-0.2, -0.15) is 0 Å². The van der Waals surface area contributed by atoms with Crippen molar-refractivity contribution in [2.24, 2.45) is 5.73 Å². The molecule has 0 amide bonds. The van der Waals surface area contributed by atoms with E-state index in [-0.39, 0.29) is 4.99 Å². The number of rotatable bonds is 4. The molecule has 0 radical (unpaired) electrons. The Bertz CT molecular complexity index is 682. The number of hydrogen-bond acceptors (Lipinski definition) is 2. The van der Waals surface area contributed by atoms with E-state index in [9.17, 15) is 0 Å². The molecule has 0 spiro atoms. The van der Waals surface area contributed by atoms with Crippen LogP contribution in [0.25, 0.3) is 0 Å². The molecule has 0 bridgehead atoms. The molecule has 0 saturated carbocycles. The first-order chi connectivity index (χ1) is 9.88. The second-order valence-corrected chi connectivity index (χ2v) is 6.13. The van der Waals surface area contributed by atoms with Crippen LogP contribution in [-0.4, -0.2) is 4.99 Å². The molecular formula is C17H18ClNOS. The van der Waals surface area contributed by atoms with E-state index in [1.165, 1.54) is 5.56 Å². The number of aryl methyl sites for hydroxylation is 1. The fourth-order valence-corrected chi connectivity index (χ4v) is 2.48. The summed E-state index contributed by atoms with van der Waals surface area (Å²) in [6.07, 6.45) is 0. The van der Waals surface area contributed by atoms with Crippen LogP contribution in [0, 0.1) is 6.92 Å². The van der Waals surface area contributed by atoms with Gasteiger partial charge in [-0.3, -0.25) is 0 Å². The summed E-state index contributed by atoms with van der Waals surface area (Å²) in [5, 5.41) is 0.498. The van der Waals surface area contributed by atoms with Gasteiger partial charge in [0.1, 0.15) is 16.5 Å². The normalized spacial score (nSPS) is 10.7. The third-order valence-electron chi connectivity index (χ3n) is 3.31. The summed E-state index contributed by atoms with van der Waals surface area (Å²) in [5.41, 5.74) is 8.57. The van der Waals surface area contributed by atoms with Crippen LogP contribution in [0.5, 0.6) is 11.5 Å². The van der Waals surface area contributed by atoms with Crippen molar-refractivity contribution in [2.45, 2.75) is 26.7 Å². The van der Waals surface area contributed by atoms with Gasteiger partial charge in [0.05, 0.1) is 5.02 Å². The molecule has 0 aliphatic carbocycles. The second kappa shape index (κ2) is 6.46. The molecule has 0 atom stereocenters. The fourth-order valence-electron chi connectivity index (χ4n) is 1.97. The lowest BCUT2D eigenvalue weighted by Crippen LogP contribution is -2.09. The molecule has 0 saturated heterocycles. The Morgan fingerprint density at radius 2 is 1.90 bits per heavy atom. The number of hydrogen-bond donors (Lipinski definition) is 1. The number of ether oxygens (including phenoxy) is 1. The molecule has 0 unspecified atom stereocenters. The third kappa shape index (κ3) is 3.74. The minimum Gasteiger partial charge on any atom is -0.457 e. The van der Waals surface area contributed by atoms with Crippen molar-refractivity contribution in [3.05, 3.63) is 58.1 Å². The molecule has 0 aliphatic rings. The van der Waals surface area contributed by atoms with Crippen molar-refractivity contribution >= 4 is 28.8 Å². The van der Waals surface area contributed by atoms with Gasteiger partial charge in [0.25, 0.3) is 0 Å². The molecule has 21 heavy (non-hydrogen) atoms. The topological polar surface area (TPSA) is 35.2 Å². The summed E-state index contributed by atoms with van der Waals surface area (Å²) in [4.78, 5) is 0.282. The summed E-state index contributed by atoms with van der Waals surface area (Å²) < 4.78 is 5.95. The van der Waals surface area contributed by atoms with Crippen molar-refractivity contribution in [1.82, 2.24) is 0 Å². The van der Waals surface area contributed by atoms with Gasteiger partial charge in [0.2, 0.25) is 0 Å². The van der Waals surface area contributed by atoms with Crippen LogP contribution in [0.4, 0.5) is 0 Å². The highest BCUT2D eigenvalue weighted by Gasteiger charge is 2.09. The van der Waals surface area contributed by atoms with Crippen LogP contribution < -0.4 is 10.5 Å². The zero-order chi connectivity index (χ0) is 15.6. The van der Waals surface area contributed by atoms with Gasteiger partial charge < -0.3 is 10.5 Å². The average Bonchev–Trinajstić information content (AvgIpc) is 2.40. The summed E-state index contributed by atoms with van der Waals surface area (Å²) in [5.74, 6) is 1.96. The Hall–Kier alpha value is -1.58. The van der Waals surface area contributed by atoms with E-state index < -0.39 is 0 Å². The van der Waals surface area contributed by atoms with Crippen molar-refractivity contribution in [3.63, 3.8) is 0 Å². The average molecular weight is 320 g/mol. The predicted octanol–water partition coefficient (Wildman–Crippen LogP) is 5.20. The Morgan fingerprint density at radius 3 is 2.48 bits per heavy atom. The lowest BCUT2D eigenvalue weighted by molar-refractivity contribution is 0.478. The first-order valence-corrected chi connectivity index (χ1v) is 7.55. The number of benzene rings is 2. The van der Waals surface area contributed by atoms with E-state index in [0.29, 0.717) is 22.3 Å². The van der Waals surface area contributed by atoms with Crippen LogP contribution in [0.2, 0.25) is 5.02 Å². The Labute approximate surface area is 135 Å². The smallest absolute Gasteiger partial charge is 0.130 e. The predicted molar refractivity (Wildman–Crippen MR) is 92.7 cm³/mol. The lowest BCUT2D eigenvalue weighted by Gasteiger charge is -2.13. The molecule has 2 aromatic carbocycles. The minimum atomic E-state index is 0.282. The first-order valence-electron chi connectivity index (χ1n) is 6.76. The molecule has 4 heteroatoms. The molecule has 0 heterocycles. The van der Waals surface area contributed by atoms with Crippen LogP contribution in [0.15, 0.2) is 36.4 Å². The highest BCUT2D eigenvalue weighted by Crippen LogP contribution is 2.31. The maximum Gasteiger partial charge on any atom is 0.130 e. The van der Waals surface area contributed by atoms with Crippen molar-refractivity contribution < 1.29 is 4.74 Å². The summed E-state index contributed by atoms with van der Waals surface area (Å²) >= 11 is 11.1. The maximum atomic E-state index is 6.16. The van der Waals surface area contributed by atoms with E-state index in [4.69, 9.17) is 34.3 Å². The zero-order valence-corrected chi connectivity index (χ0v) is 13.9. The molecule has 0 fully saturated rings. The second-order valence-electron chi connectivity index (χ2n) is 5.29. The Morgan fingerprint density at radius 1 is 1.19 bits per heavy atom. The molecule has 2 aromatic rings. The SMILES string of the molecule is Cc1ccc(C(C)C)cc1Oc1ccc(C(N)=S)c(Cl)c1. The van der Waals surface area contributed by atoms with Gasteiger partial charge in [0.15, 0.2) is 0 Å². The molecule has 2 rings (SSSR count). The monoisotopic (exact) mass is 319 g/mol. The van der Waals surface area contributed by atoms with Crippen LogP contribution in [0.1, 0.15) is 36.5 Å². The van der Waals surface area contributed by atoms with E-state index >= 15 is 0 Å². The van der Waals surface area contributed by atoms with Gasteiger partial charge in [-0.1, -0.05) is 49.8 Å². The first kappa shape index (κ1) is 15.8. The van der Waals surface area contributed by atoms with E-state index in [1.807, 2.05) is 13.0 Å². The minimum absolute atomic E-state index is 0.282. The fraction of sp³-hybridized carbons (Fsp3) is 0.235. The van der Waals surface area contributed by atoms with Gasteiger partial charge in [-0.05, 0) is 42.2 Å². The Balaban J connectivity index is 2.32. The van der Waals surface area contributed by atoms with Crippen LogP contribution in [-0.2, 0) is 0 Å². The van der Waals surface area contributed by atoms with Gasteiger partial charge in [-0.25, -0.2) is 0 Å². The zero-order valence-electron chi connectivity index (χ0n) is 12.3. The summed E-state index contributed by atoms with van der Waals surface area (Å²) in [7, 11) is 0. The molecular weight excluding hydrogens is 302 g/mol. The number of halogens is 1. The van der Waals surface area contributed by atoms with Crippen LogP contribution >= 0.6 is 23.8 Å². The standard InChI is InChI=1S/C17H18ClNOS/c1-10(2)12-5-4-11(3)16(8-12)20-13-6-7-14(17(19)21)15(18)9-13/h4-10H,1-3H3,(H2,19,21). The van der Waals surface area contributed by atoms with Gasteiger partial charge in [0, 0.05) is 11.6 Å². The van der Waals surface area contributed by atoms with E-state index in [2.05, 4.69) is 32.0 Å². The Kier molecular flexibility index (Phi) is 4.86. The van der Waals surface area contributed by atoms with Crippen molar-refractivity contribution in [1.29, 1.82) is 0 Å². The molecule has 110 valence electrons. The lowest BCUT2D eigenvalue weighted by atomic mass is 10.0. The van der Waals surface area contributed by atoms with Gasteiger partial charge in [-0.15, -0.1) is 0 Å². The van der Waals surface area contributed by atoms with E-state index in [0.717, 1.165) is 11.3 Å². The third-order valence-corrected chi connectivity index (χ3v) is 3.85. The quantitative estimate of drug-likeness (QED) is 0.787. The molecule has 0 aromatic heterocycles. The number of nitrogens with two attached hydrogens (primary N) is 1. The molecule has 2 nitrogen and oxygen atoms in total.